The molecule has 1 heterocycles. The van der Waals surface area contributed by atoms with E-state index in [1.165, 1.54) is 6.20 Å². The smallest absolute Gasteiger partial charge is 0.278 e. The number of ether oxygens (including phenoxy) is 1. The second-order valence-corrected chi connectivity index (χ2v) is 6.54. The second kappa shape index (κ2) is 6.48. The molecular weight excluding hydrogens is 358 g/mol. The van der Waals surface area contributed by atoms with Gasteiger partial charge in [0.05, 0.1) is 12.8 Å². The molecule has 0 spiro atoms. The maximum Gasteiger partial charge on any atom is 0.278 e. The van der Waals surface area contributed by atoms with E-state index in [-0.39, 0.29) is 5.03 Å². The minimum Gasteiger partial charge on any atom is -0.494 e. The van der Waals surface area contributed by atoms with E-state index in [1.54, 1.807) is 25.1 Å². The van der Waals surface area contributed by atoms with E-state index in [4.69, 9.17) is 4.74 Å². The van der Waals surface area contributed by atoms with Crippen molar-refractivity contribution in [2.75, 3.05) is 11.3 Å². The average molecular weight is 374 g/mol. The number of nitrogens with zero attached hydrogens (tertiary/aromatic N) is 1. The third-order valence-electron chi connectivity index (χ3n) is 2.73. The highest BCUT2D eigenvalue weighted by Crippen LogP contribution is 2.26. The third kappa shape index (κ3) is 3.76. The van der Waals surface area contributed by atoms with Crippen LogP contribution in [0, 0.1) is 6.92 Å². The zero-order valence-corrected chi connectivity index (χ0v) is 14.1. The fourth-order valence-electron chi connectivity index (χ4n) is 1.79. The van der Waals surface area contributed by atoms with Crippen molar-refractivity contribution in [1.29, 1.82) is 0 Å². The van der Waals surface area contributed by atoms with Crippen LogP contribution in [-0.4, -0.2) is 25.0 Å². The van der Waals surface area contributed by atoms with E-state index in [2.05, 4.69) is 30.6 Å². The molecule has 0 saturated heterocycles. The number of aryl methyl sites for hydroxylation is 1. The van der Waals surface area contributed by atoms with Gasteiger partial charge < -0.3 is 9.72 Å². The van der Waals surface area contributed by atoms with Crippen LogP contribution >= 0.6 is 15.9 Å². The number of hydrogen-bond acceptors (Lipinski definition) is 4. The van der Waals surface area contributed by atoms with E-state index in [0.717, 1.165) is 11.3 Å². The van der Waals surface area contributed by atoms with Crippen molar-refractivity contribution in [2.24, 2.45) is 0 Å². The van der Waals surface area contributed by atoms with Gasteiger partial charge in [-0.05, 0) is 32.0 Å². The van der Waals surface area contributed by atoms with Gasteiger partial charge >= 0.3 is 0 Å². The van der Waals surface area contributed by atoms with Crippen LogP contribution in [0.2, 0.25) is 0 Å². The van der Waals surface area contributed by atoms with E-state index in [0.29, 0.717) is 23.4 Å². The topological polar surface area (TPSA) is 84.1 Å². The Hall–Kier alpha value is -1.54. The first-order valence-corrected chi connectivity index (χ1v) is 8.93. The van der Waals surface area contributed by atoms with Crippen molar-refractivity contribution >= 4 is 31.6 Å². The summed E-state index contributed by atoms with van der Waals surface area (Å²) in [6.45, 7) is 4.15. The van der Waals surface area contributed by atoms with Crippen LogP contribution in [0.15, 0.2) is 29.4 Å². The fraction of sp³-hybridized carbons (Fsp3) is 0.308. The van der Waals surface area contributed by atoms with E-state index in [1.807, 2.05) is 6.92 Å². The van der Waals surface area contributed by atoms with Crippen molar-refractivity contribution in [1.82, 2.24) is 9.97 Å². The minimum absolute atomic E-state index is 0.0364. The summed E-state index contributed by atoms with van der Waals surface area (Å²) >= 11 is 3.37. The van der Waals surface area contributed by atoms with Crippen molar-refractivity contribution < 1.29 is 13.2 Å². The van der Waals surface area contributed by atoms with Crippen molar-refractivity contribution in [3.05, 3.63) is 35.8 Å². The first-order valence-electron chi connectivity index (χ1n) is 6.32. The molecule has 114 valence electrons. The molecule has 6 nitrogen and oxygen atoms in total. The summed E-state index contributed by atoms with van der Waals surface area (Å²) in [6, 6.07) is 5.15. The van der Waals surface area contributed by atoms with Crippen LogP contribution in [0.5, 0.6) is 5.75 Å². The number of H-pyrrole nitrogens is 1. The Bertz CT molecular complexity index is 728. The van der Waals surface area contributed by atoms with Crippen LogP contribution < -0.4 is 9.46 Å². The maximum atomic E-state index is 12.2. The van der Waals surface area contributed by atoms with Crippen LogP contribution in [0.3, 0.4) is 0 Å². The standard InChI is InChI=1S/C13H16BrN3O3S/c1-3-20-12-5-4-11(6-10(12)7-14)17-21(18,19)13-8-15-9(2)16-13/h4-6,8,17H,3,7H2,1-2H3,(H,15,16). The lowest BCUT2D eigenvalue weighted by molar-refractivity contribution is 0.338. The number of hydrogen-bond donors (Lipinski definition) is 2. The highest BCUT2D eigenvalue weighted by Gasteiger charge is 2.17. The monoisotopic (exact) mass is 373 g/mol. The quantitative estimate of drug-likeness (QED) is 0.762. The molecule has 0 aliphatic rings. The third-order valence-corrected chi connectivity index (χ3v) is 4.62. The molecule has 0 aliphatic carbocycles. The van der Waals surface area contributed by atoms with Gasteiger partial charge in [0.2, 0.25) is 0 Å². The molecule has 2 N–H and O–H groups in total. The van der Waals surface area contributed by atoms with Gasteiger partial charge in [0.1, 0.15) is 11.6 Å². The summed E-state index contributed by atoms with van der Waals surface area (Å²) in [5.74, 6) is 1.28. The molecule has 21 heavy (non-hydrogen) atoms. The predicted molar refractivity (Wildman–Crippen MR) is 84.4 cm³/mol. The van der Waals surface area contributed by atoms with Crippen LogP contribution in [0.25, 0.3) is 0 Å². The van der Waals surface area contributed by atoms with Gasteiger partial charge in [-0.3, -0.25) is 4.72 Å². The number of halogens is 1. The van der Waals surface area contributed by atoms with Crippen LogP contribution in [-0.2, 0) is 15.4 Å². The number of nitrogens with one attached hydrogen (secondary N) is 2. The van der Waals surface area contributed by atoms with Gasteiger partial charge in [-0.1, -0.05) is 15.9 Å². The number of sulfonamides is 1. The van der Waals surface area contributed by atoms with Gasteiger partial charge in [-0.25, -0.2) is 4.98 Å². The lowest BCUT2D eigenvalue weighted by atomic mass is 10.2. The Morgan fingerprint density at radius 3 is 2.76 bits per heavy atom. The first kappa shape index (κ1) is 15.8. The van der Waals surface area contributed by atoms with Crippen molar-refractivity contribution in [3.8, 4) is 5.75 Å². The summed E-state index contributed by atoms with van der Waals surface area (Å²) in [4.78, 5) is 6.60. The summed E-state index contributed by atoms with van der Waals surface area (Å²) in [5, 5.41) is 0.607. The Balaban J connectivity index is 2.27. The predicted octanol–water partition coefficient (Wildman–Crippen LogP) is 2.81. The number of aromatic amines is 1. The van der Waals surface area contributed by atoms with Gasteiger partial charge in [0.25, 0.3) is 10.0 Å². The van der Waals surface area contributed by atoms with Gasteiger partial charge in [0.15, 0.2) is 5.03 Å². The molecule has 0 bridgehead atoms. The Morgan fingerprint density at radius 2 is 2.19 bits per heavy atom. The molecule has 1 aromatic heterocycles. The van der Waals surface area contributed by atoms with E-state index in [9.17, 15) is 8.42 Å². The fourth-order valence-corrected chi connectivity index (χ4v) is 3.25. The molecule has 0 amide bonds. The molecule has 0 saturated carbocycles. The molecule has 0 atom stereocenters. The normalized spacial score (nSPS) is 11.4. The van der Waals surface area contributed by atoms with Crippen LogP contribution in [0.4, 0.5) is 5.69 Å². The average Bonchev–Trinajstić information content (AvgIpc) is 2.88. The lowest BCUT2D eigenvalue weighted by Gasteiger charge is -2.11. The number of aromatic nitrogens is 2. The van der Waals surface area contributed by atoms with E-state index < -0.39 is 10.0 Å². The Labute approximate surface area is 132 Å². The highest BCUT2D eigenvalue weighted by atomic mass is 79.9. The molecule has 0 aliphatic heterocycles. The number of anilines is 1. The van der Waals surface area contributed by atoms with Gasteiger partial charge in [-0.15, -0.1) is 0 Å². The zero-order chi connectivity index (χ0) is 15.5. The molecule has 0 fully saturated rings. The number of benzene rings is 1. The summed E-state index contributed by atoms with van der Waals surface area (Å²) in [6.07, 6.45) is 1.29. The largest absolute Gasteiger partial charge is 0.494 e. The molecule has 1 aromatic carbocycles. The molecule has 0 unspecified atom stereocenters. The second-order valence-electron chi connectivity index (χ2n) is 4.33. The SMILES string of the molecule is CCOc1ccc(NS(=O)(=O)c2cnc(C)[nH]2)cc1CBr. The number of imidazole rings is 1. The molecular formula is C13H16BrN3O3S. The van der Waals surface area contributed by atoms with Gasteiger partial charge in [-0.2, -0.15) is 8.42 Å². The Morgan fingerprint density at radius 1 is 1.43 bits per heavy atom. The summed E-state index contributed by atoms with van der Waals surface area (Å²) in [5.41, 5.74) is 1.35. The highest BCUT2D eigenvalue weighted by molar-refractivity contribution is 9.08. The molecule has 2 rings (SSSR count). The zero-order valence-electron chi connectivity index (χ0n) is 11.7. The summed E-state index contributed by atoms with van der Waals surface area (Å²) in [7, 11) is -3.67. The van der Waals surface area contributed by atoms with E-state index >= 15 is 0 Å². The van der Waals surface area contributed by atoms with Crippen LogP contribution in [0.1, 0.15) is 18.3 Å². The number of alkyl halides is 1. The van der Waals surface area contributed by atoms with Gasteiger partial charge in [0, 0.05) is 16.6 Å². The van der Waals surface area contributed by atoms with Crippen molar-refractivity contribution in [2.45, 2.75) is 24.2 Å². The van der Waals surface area contributed by atoms with Crippen molar-refractivity contribution in [3.63, 3.8) is 0 Å². The molecule has 2 aromatic rings. The Kier molecular flexibility index (Phi) is 4.89. The maximum absolute atomic E-state index is 12.2. The molecule has 0 radical (unpaired) electrons. The summed E-state index contributed by atoms with van der Waals surface area (Å²) < 4.78 is 32.4. The lowest BCUT2D eigenvalue weighted by Crippen LogP contribution is -2.13. The molecule has 8 heteroatoms. The number of rotatable bonds is 6. The minimum atomic E-state index is -3.67. The first-order chi connectivity index (χ1) is 9.96.